The number of amides is 3. The highest BCUT2D eigenvalue weighted by Crippen LogP contribution is 2.30. The van der Waals surface area contributed by atoms with Crippen molar-refractivity contribution in [1.82, 2.24) is 10.2 Å². The molecule has 0 aliphatic carbocycles. The quantitative estimate of drug-likeness (QED) is 0.310. The Morgan fingerprint density at radius 1 is 1.21 bits per heavy atom. The molecule has 2 saturated heterocycles. The number of carbonyl (C=O) groups excluding carboxylic acids is 3. The van der Waals surface area contributed by atoms with Gasteiger partial charge in [-0.25, -0.2) is 9.18 Å². The van der Waals surface area contributed by atoms with E-state index >= 15 is 4.39 Å². The normalized spacial score (nSPS) is 17.8. The molecule has 0 unspecified atom stereocenters. The van der Waals surface area contributed by atoms with E-state index in [1.54, 1.807) is 35.2 Å². The Morgan fingerprint density at radius 3 is 2.51 bits per heavy atom. The molecule has 0 aromatic heterocycles. The van der Waals surface area contributed by atoms with Crippen molar-refractivity contribution >= 4 is 41.0 Å². The first-order chi connectivity index (χ1) is 18.6. The number of non-ortho nitro benzene ring substituents is 1. The summed E-state index contributed by atoms with van der Waals surface area (Å²) in [6.07, 6.45) is 3.28. The van der Waals surface area contributed by atoms with Gasteiger partial charge in [-0.3, -0.25) is 24.6 Å². The maximum absolute atomic E-state index is 15.1. The first-order valence-electron chi connectivity index (χ1n) is 12.6. The van der Waals surface area contributed by atoms with Crippen molar-refractivity contribution in [3.8, 4) is 0 Å². The van der Waals surface area contributed by atoms with Crippen molar-refractivity contribution in [3.63, 3.8) is 0 Å². The molecular formula is C27H30FN5O6. The number of halogens is 1. The Kier molecular flexibility index (Phi) is 8.43. The fraction of sp³-hybridized carbons (Fsp3) is 0.370. The number of benzene rings is 2. The van der Waals surface area contributed by atoms with Crippen LogP contribution in [0.4, 0.5) is 26.2 Å². The number of hydrogen-bond acceptors (Lipinski definition) is 7. The number of likely N-dealkylation sites (tertiary alicyclic amines) is 1. The Labute approximate surface area is 225 Å². The largest absolute Gasteiger partial charge is 0.442 e. The molecule has 1 atom stereocenters. The second-order valence-corrected chi connectivity index (χ2v) is 9.54. The predicted molar refractivity (Wildman–Crippen MR) is 143 cm³/mol. The van der Waals surface area contributed by atoms with E-state index < -0.39 is 22.9 Å². The van der Waals surface area contributed by atoms with Crippen LogP contribution in [0, 0.1) is 15.9 Å². The van der Waals surface area contributed by atoms with Gasteiger partial charge >= 0.3 is 6.09 Å². The molecule has 0 bridgehead atoms. The number of nitro benzene ring substituents is 1. The SMILES string of the molecule is CC(=O)NC[C@H]1CN(c2ccc(N(C)C3CCN(C(=O)/C=C/c4ccc([N+](=O)[O-])cc4)CC3)c(F)c2)C(=O)O1. The van der Waals surface area contributed by atoms with E-state index in [0.29, 0.717) is 42.9 Å². The van der Waals surface area contributed by atoms with Crippen molar-refractivity contribution in [2.24, 2.45) is 0 Å². The molecule has 206 valence electrons. The van der Waals surface area contributed by atoms with Gasteiger partial charge in [-0.15, -0.1) is 0 Å². The second-order valence-electron chi connectivity index (χ2n) is 9.54. The summed E-state index contributed by atoms with van der Waals surface area (Å²) in [5.74, 6) is -0.853. The maximum atomic E-state index is 15.1. The lowest BCUT2D eigenvalue weighted by atomic mass is 10.0. The van der Waals surface area contributed by atoms with Gasteiger partial charge in [0, 0.05) is 51.3 Å². The lowest BCUT2D eigenvalue weighted by Crippen LogP contribution is -2.45. The highest BCUT2D eigenvalue weighted by molar-refractivity contribution is 5.92. The Morgan fingerprint density at radius 2 is 1.90 bits per heavy atom. The minimum Gasteiger partial charge on any atom is -0.442 e. The van der Waals surface area contributed by atoms with E-state index in [-0.39, 0.29) is 36.6 Å². The van der Waals surface area contributed by atoms with Crippen LogP contribution in [0.3, 0.4) is 0 Å². The molecule has 3 amide bonds. The number of piperidine rings is 1. The van der Waals surface area contributed by atoms with E-state index in [0.717, 1.165) is 0 Å². The molecule has 0 radical (unpaired) electrons. The first-order valence-corrected chi connectivity index (χ1v) is 12.6. The van der Waals surface area contributed by atoms with Gasteiger partial charge < -0.3 is 19.9 Å². The summed E-state index contributed by atoms with van der Waals surface area (Å²) in [6, 6.07) is 10.6. The molecule has 2 aliphatic rings. The number of nitro groups is 1. The molecule has 12 heteroatoms. The highest BCUT2D eigenvalue weighted by Gasteiger charge is 2.33. The number of carbonyl (C=O) groups is 3. The first kappa shape index (κ1) is 27.6. The van der Waals surface area contributed by atoms with Gasteiger partial charge in [0.2, 0.25) is 11.8 Å². The Bertz CT molecular complexity index is 1280. The summed E-state index contributed by atoms with van der Waals surface area (Å²) in [5, 5.41) is 13.4. The number of cyclic esters (lactones) is 1. The molecular weight excluding hydrogens is 509 g/mol. The van der Waals surface area contributed by atoms with E-state index in [4.69, 9.17) is 4.74 Å². The number of ether oxygens (including phenoxy) is 1. The summed E-state index contributed by atoms with van der Waals surface area (Å²) in [5.41, 5.74) is 1.44. The number of nitrogens with zero attached hydrogens (tertiary/aromatic N) is 4. The zero-order chi connectivity index (χ0) is 28.1. The van der Waals surface area contributed by atoms with Crippen LogP contribution in [0.25, 0.3) is 6.08 Å². The Balaban J connectivity index is 1.31. The molecule has 2 aromatic carbocycles. The van der Waals surface area contributed by atoms with Crippen LogP contribution in [0.2, 0.25) is 0 Å². The minimum absolute atomic E-state index is 0.0124. The molecule has 4 rings (SSSR count). The number of hydrogen-bond donors (Lipinski definition) is 1. The van der Waals surface area contributed by atoms with Crippen molar-refractivity contribution in [1.29, 1.82) is 0 Å². The minimum atomic E-state index is -0.592. The highest BCUT2D eigenvalue weighted by atomic mass is 19.1. The van der Waals surface area contributed by atoms with Gasteiger partial charge in [0.05, 0.1) is 29.4 Å². The molecule has 39 heavy (non-hydrogen) atoms. The van der Waals surface area contributed by atoms with Crippen LogP contribution in [0.15, 0.2) is 48.5 Å². The monoisotopic (exact) mass is 539 g/mol. The van der Waals surface area contributed by atoms with Gasteiger partial charge in [-0.05, 0) is 54.8 Å². The summed E-state index contributed by atoms with van der Waals surface area (Å²) < 4.78 is 20.4. The third kappa shape index (κ3) is 6.70. The number of nitrogens with one attached hydrogen (secondary N) is 1. The molecule has 11 nitrogen and oxygen atoms in total. The fourth-order valence-corrected chi connectivity index (χ4v) is 4.70. The van der Waals surface area contributed by atoms with Gasteiger partial charge in [0.25, 0.3) is 5.69 Å². The summed E-state index contributed by atoms with van der Waals surface area (Å²) >= 11 is 0. The second kappa shape index (κ2) is 11.9. The molecule has 0 spiro atoms. The van der Waals surface area contributed by atoms with E-state index in [2.05, 4.69) is 5.32 Å². The topological polar surface area (TPSA) is 125 Å². The summed E-state index contributed by atoms with van der Waals surface area (Å²) in [7, 11) is 1.81. The van der Waals surface area contributed by atoms with Crippen LogP contribution in [0.5, 0.6) is 0 Å². The molecule has 2 heterocycles. The van der Waals surface area contributed by atoms with Crippen LogP contribution >= 0.6 is 0 Å². The van der Waals surface area contributed by atoms with Gasteiger partial charge in [-0.1, -0.05) is 0 Å². The lowest BCUT2D eigenvalue weighted by Gasteiger charge is -2.37. The van der Waals surface area contributed by atoms with Crippen molar-refractivity contribution < 1.29 is 28.4 Å². The van der Waals surface area contributed by atoms with Crippen molar-refractivity contribution in [2.45, 2.75) is 31.9 Å². The lowest BCUT2D eigenvalue weighted by molar-refractivity contribution is -0.384. The van der Waals surface area contributed by atoms with Crippen molar-refractivity contribution in [3.05, 3.63) is 70.0 Å². The zero-order valence-corrected chi connectivity index (χ0v) is 21.7. The van der Waals surface area contributed by atoms with Crippen LogP contribution < -0.4 is 15.1 Å². The maximum Gasteiger partial charge on any atom is 0.414 e. The number of rotatable bonds is 8. The molecule has 0 saturated carbocycles. The fourth-order valence-electron chi connectivity index (χ4n) is 4.70. The zero-order valence-electron chi connectivity index (χ0n) is 21.7. The van der Waals surface area contributed by atoms with Crippen LogP contribution in [0.1, 0.15) is 25.3 Å². The molecule has 2 aliphatic heterocycles. The molecule has 2 fully saturated rings. The molecule has 1 N–H and O–H groups in total. The summed E-state index contributed by atoms with van der Waals surface area (Å²) in [4.78, 5) is 51.2. The predicted octanol–water partition coefficient (Wildman–Crippen LogP) is 3.34. The average Bonchev–Trinajstić information content (AvgIpc) is 3.30. The standard InChI is InChI=1S/C27H30FN5O6/c1-18(34)29-16-23-17-32(27(36)39-23)22-8-9-25(24(28)15-22)30(2)20-11-13-31(14-12-20)26(35)10-5-19-3-6-21(7-4-19)33(37)38/h3-10,15,20,23H,11-14,16-17H2,1-2H3,(H,29,34)/b10-5+/t23-/m0/s1. The third-order valence-electron chi connectivity index (χ3n) is 6.92. The Hall–Kier alpha value is -4.48. The molecule has 2 aromatic rings. The van der Waals surface area contributed by atoms with Gasteiger partial charge in [-0.2, -0.15) is 0 Å². The third-order valence-corrected chi connectivity index (χ3v) is 6.92. The van der Waals surface area contributed by atoms with Crippen LogP contribution in [-0.4, -0.2) is 73.1 Å². The summed E-state index contributed by atoms with van der Waals surface area (Å²) in [6.45, 7) is 2.79. The van der Waals surface area contributed by atoms with E-state index in [1.807, 2.05) is 11.9 Å². The van der Waals surface area contributed by atoms with Gasteiger partial charge in [0.15, 0.2) is 0 Å². The smallest absolute Gasteiger partial charge is 0.414 e. The van der Waals surface area contributed by atoms with E-state index in [1.165, 1.54) is 36.1 Å². The van der Waals surface area contributed by atoms with Crippen LogP contribution in [-0.2, 0) is 14.3 Å². The van der Waals surface area contributed by atoms with Crippen molar-refractivity contribution in [2.75, 3.05) is 43.0 Å². The van der Waals surface area contributed by atoms with E-state index in [9.17, 15) is 24.5 Å². The number of anilines is 2. The van der Waals surface area contributed by atoms with Gasteiger partial charge in [0.1, 0.15) is 11.9 Å². The average molecular weight is 540 g/mol.